The lowest BCUT2D eigenvalue weighted by Crippen LogP contribution is -2.19. The van der Waals surface area contributed by atoms with E-state index in [1.165, 1.54) is 0 Å². The highest BCUT2D eigenvalue weighted by Crippen LogP contribution is 2.22. The standard InChI is InChI=1S/C13H22N4O/c1-6-7-8-17(4)10(2)12-15-9-11(14-3)13(16-12)18-5/h9,14H,2,6-8H2,1,3-5H3. The van der Waals surface area contributed by atoms with E-state index in [1.807, 2.05) is 14.1 Å². The van der Waals surface area contributed by atoms with Crippen molar-refractivity contribution in [2.45, 2.75) is 19.8 Å². The maximum atomic E-state index is 5.21. The zero-order chi connectivity index (χ0) is 13.5. The SMILES string of the molecule is C=C(c1ncc(NC)c(OC)n1)N(C)CCCC. The van der Waals surface area contributed by atoms with Gasteiger partial charge >= 0.3 is 0 Å². The van der Waals surface area contributed by atoms with E-state index >= 15 is 0 Å². The van der Waals surface area contributed by atoms with E-state index in [9.17, 15) is 0 Å². The third kappa shape index (κ3) is 3.35. The molecule has 0 amide bonds. The van der Waals surface area contributed by atoms with Crippen LogP contribution in [0.15, 0.2) is 12.8 Å². The van der Waals surface area contributed by atoms with Crippen LogP contribution in [-0.4, -0.2) is 42.6 Å². The molecule has 100 valence electrons. The highest BCUT2D eigenvalue weighted by Gasteiger charge is 2.11. The average Bonchev–Trinajstić information content (AvgIpc) is 2.42. The highest BCUT2D eigenvalue weighted by atomic mass is 16.5. The Morgan fingerprint density at radius 3 is 2.83 bits per heavy atom. The van der Waals surface area contributed by atoms with Crippen molar-refractivity contribution in [3.63, 3.8) is 0 Å². The van der Waals surface area contributed by atoms with Gasteiger partial charge in [-0.25, -0.2) is 4.98 Å². The van der Waals surface area contributed by atoms with Gasteiger partial charge in [0.05, 0.1) is 19.0 Å². The third-order valence-electron chi connectivity index (χ3n) is 2.78. The van der Waals surface area contributed by atoms with E-state index in [-0.39, 0.29) is 0 Å². The normalized spacial score (nSPS) is 10.0. The summed E-state index contributed by atoms with van der Waals surface area (Å²) in [6.45, 7) is 7.15. The van der Waals surface area contributed by atoms with Crippen molar-refractivity contribution in [1.29, 1.82) is 0 Å². The van der Waals surface area contributed by atoms with Crippen molar-refractivity contribution in [1.82, 2.24) is 14.9 Å². The Morgan fingerprint density at radius 2 is 2.28 bits per heavy atom. The van der Waals surface area contributed by atoms with Gasteiger partial charge in [0.15, 0.2) is 5.82 Å². The molecule has 1 aromatic heterocycles. The van der Waals surface area contributed by atoms with Crippen LogP contribution in [0.4, 0.5) is 5.69 Å². The Hall–Kier alpha value is -1.78. The zero-order valence-electron chi connectivity index (χ0n) is 11.7. The third-order valence-corrected chi connectivity index (χ3v) is 2.78. The van der Waals surface area contributed by atoms with Crippen LogP contribution in [0.1, 0.15) is 25.6 Å². The zero-order valence-corrected chi connectivity index (χ0v) is 11.7. The van der Waals surface area contributed by atoms with Gasteiger partial charge in [-0.3, -0.25) is 0 Å². The molecule has 0 aliphatic heterocycles. The molecular weight excluding hydrogens is 228 g/mol. The number of aromatic nitrogens is 2. The lowest BCUT2D eigenvalue weighted by molar-refractivity contribution is 0.396. The summed E-state index contributed by atoms with van der Waals surface area (Å²) in [5, 5.41) is 2.98. The Labute approximate surface area is 109 Å². The molecule has 0 aliphatic rings. The van der Waals surface area contributed by atoms with Crippen LogP contribution in [0.25, 0.3) is 5.70 Å². The van der Waals surface area contributed by atoms with Crippen LogP contribution in [0, 0.1) is 0 Å². The van der Waals surface area contributed by atoms with Crippen LogP contribution < -0.4 is 10.1 Å². The van der Waals surface area contributed by atoms with E-state index in [0.29, 0.717) is 11.7 Å². The molecule has 0 bridgehead atoms. The summed E-state index contributed by atoms with van der Waals surface area (Å²) >= 11 is 0. The van der Waals surface area contributed by atoms with Crippen molar-refractivity contribution in [3.8, 4) is 5.88 Å². The maximum absolute atomic E-state index is 5.21. The summed E-state index contributed by atoms with van der Waals surface area (Å²) in [4.78, 5) is 10.7. The molecule has 0 spiro atoms. The molecule has 0 saturated carbocycles. The molecule has 0 aromatic carbocycles. The number of nitrogens with one attached hydrogen (secondary N) is 1. The van der Waals surface area contributed by atoms with Gasteiger partial charge in [-0.2, -0.15) is 4.98 Å². The number of unbranched alkanes of at least 4 members (excludes halogenated alkanes) is 1. The van der Waals surface area contributed by atoms with Crippen LogP contribution in [0.3, 0.4) is 0 Å². The predicted molar refractivity (Wildman–Crippen MR) is 74.7 cm³/mol. The fraction of sp³-hybridized carbons (Fsp3) is 0.538. The largest absolute Gasteiger partial charge is 0.479 e. The molecule has 0 atom stereocenters. The summed E-state index contributed by atoms with van der Waals surface area (Å²) in [6.07, 6.45) is 3.99. The first kappa shape index (κ1) is 14.3. The molecule has 0 aliphatic carbocycles. The molecule has 0 radical (unpaired) electrons. The molecule has 1 heterocycles. The van der Waals surface area contributed by atoms with Gasteiger partial charge in [-0.15, -0.1) is 0 Å². The number of rotatable bonds is 7. The smallest absolute Gasteiger partial charge is 0.240 e. The highest BCUT2D eigenvalue weighted by molar-refractivity contribution is 5.59. The summed E-state index contributed by atoms with van der Waals surface area (Å²) in [5.41, 5.74) is 1.58. The van der Waals surface area contributed by atoms with E-state index in [0.717, 1.165) is 30.8 Å². The second-order valence-corrected chi connectivity index (χ2v) is 4.09. The summed E-state index contributed by atoms with van der Waals surface area (Å²) in [5.74, 6) is 1.14. The molecule has 1 N–H and O–H groups in total. The predicted octanol–water partition coefficient (Wildman–Crippen LogP) is 2.23. The lowest BCUT2D eigenvalue weighted by atomic mass is 10.3. The van der Waals surface area contributed by atoms with Gasteiger partial charge in [0.2, 0.25) is 5.88 Å². The summed E-state index contributed by atoms with van der Waals surface area (Å²) < 4.78 is 5.21. The minimum Gasteiger partial charge on any atom is -0.479 e. The molecule has 1 aromatic rings. The topological polar surface area (TPSA) is 50.3 Å². The van der Waals surface area contributed by atoms with Crippen LogP contribution in [0.2, 0.25) is 0 Å². The summed E-state index contributed by atoms with van der Waals surface area (Å²) in [6, 6.07) is 0. The number of methoxy groups -OCH3 is 1. The van der Waals surface area contributed by atoms with Crippen LogP contribution in [-0.2, 0) is 0 Å². The van der Waals surface area contributed by atoms with E-state index in [4.69, 9.17) is 4.74 Å². The van der Waals surface area contributed by atoms with Crippen LogP contribution >= 0.6 is 0 Å². The Balaban J connectivity index is 2.86. The van der Waals surface area contributed by atoms with E-state index in [2.05, 4.69) is 33.7 Å². The van der Waals surface area contributed by atoms with Gasteiger partial charge in [-0.05, 0) is 6.42 Å². The summed E-state index contributed by atoms with van der Waals surface area (Å²) in [7, 11) is 5.40. The molecule has 1 rings (SSSR count). The number of hydrogen-bond donors (Lipinski definition) is 1. The Bertz CT molecular complexity index is 406. The van der Waals surface area contributed by atoms with Crippen molar-refractivity contribution < 1.29 is 4.74 Å². The first-order valence-corrected chi connectivity index (χ1v) is 6.13. The lowest BCUT2D eigenvalue weighted by Gasteiger charge is -2.20. The molecular formula is C13H22N4O. The Kier molecular flexibility index (Phi) is 5.42. The quantitative estimate of drug-likeness (QED) is 0.804. The van der Waals surface area contributed by atoms with Gasteiger partial charge in [0, 0.05) is 20.6 Å². The minimum atomic E-state index is 0.535. The fourth-order valence-corrected chi connectivity index (χ4v) is 1.53. The second kappa shape index (κ2) is 6.83. The minimum absolute atomic E-state index is 0.535. The number of ether oxygens (including phenoxy) is 1. The van der Waals surface area contributed by atoms with Crippen molar-refractivity contribution in [2.75, 3.05) is 33.1 Å². The molecule has 0 unspecified atom stereocenters. The molecule has 5 heteroatoms. The first-order valence-electron chi connectivity index (χ1n) is 6.13. The van der Waals surface area contributed by atoms with E-state index in [1.54, 1.807) is 13.3 Å². The Morgan fingerprint density at radius 1 is 1.56 bits per heavy atom. The van der Waals surface area contributed by atoms with E-state index < -0.39 is 0 Å². The molecule has 18 heavy (non-hydrogen) atoms. The molecule has 0 saturated heterocycles. The number of hydrogen-bond acceptors (Lipinski definition) is 5. The molecule has 5 nitrogen and oxygen atoms in total. The van der Waals surface area contributed by atoms with Gasteiger partial charge in [0.25, 0.3) is 0 Å². The number of anilines is 1. The van der Waals surface area contributed by atoms with Gasteiger partial charge < -0.3 is 15.0 Å². The average molecular weight is 250 g/mol. The van der Waals surface area contributed by atoms with Crippen molar-refractivity contribution >= 4 is 11.4 Å². The van der Waals surface area contributed by atoms with Gasteiger partial charge in [0.1, 0.15) is 5.69 Å². The number of nitrogens with zero attached hydrogens (tertiary/aromatic N) is 3. The fourth-order valence-electron chi connectivity index (χ4n) is 1.53. The van der Waals surface area contributed by atoms with Crippen LogP contribution in [0.5, 0.6) is 5.88 Å². The molecule has 0 fully saturated rings. The van der Waals surface area contributed by atoms with Crippen molar-refractivity contribution in [3.05, 3.63) is 18.6 Å². The monoisotopic (exact) mass is 250 g/mol. The van der Waals surface area contributed by atoms with Gasteiger partial charge in [-0.1, -0.05) is 19.9 Å². The second-order valence-electron chi connectivity index (χ2n) is 4.09. The first-order chi connectivity index (χ1) is 8.63. The maximum Gasteiger partial charge on any atom is 0.240 e. The van der Waals surface area contributed by atoms with Crippen molar-refractivity contribution in [2.24, 2.45) is 0 Å².